The molecule has 0 spiro atoms. The molecule has 0 fully saturated rings. The van der Waals surface area contributed by atoms with Crippen LogP contribution in [-0.4, -0.2) is 37.6 Å². The highest BCUT2D eigenvalue weighted by atomic mass is 32.2. The molecule has 0 unspecified atom stereocenters. The highest BCUT2D eigenvalue weighted by Crippen LogP contribution is 2.33. The minimum absolute atomic E-state index is 0.0855. The Labute approximate surface area is 184 Å². The lowest BCUT2D eigenvalue weighted by atomic mass is 10.3. The first-order valence-corrected chi connectivity index (χ1v) is 12.8. The zero-order valence-corrected chi connectivity index (χ0v) is 19.1. The fraction of sp³-hybridized carbons (Fsp3) is 0.200. The molecule has 2 aromatic carbocycles. The van der Waals surface area contributed by atoms with E-state index in [9.17, 15) is 21.2 Å². The summed E-state index contributed by atoms with van der Waals surface area (Å²) in [7, 11) is -5.43. The summed E-state index contributed by atoms with van der Waals surface area (Å²) in [6.07, 6.45) is 0. The van der Waals surface area contributed by atoms with Crippen LogP contribution in [0.4, 0.5) is 4.39 Å². The number of benzene rings is 2. The zero-order valence-electron chi connectivity index (χ0n) is 16.6. The van der Waals surface area contributed by atoms with Gasteiger partial charge in [-0.05, 0) is 47.8 Å². The molecule has 7 nitrogen and oxygen atoms in total. The van der Waals surface area contributed by atoms with Crippen LogP contribution in [0.15, 0.2) is 69.8 Å². The molecule has 0 aliphatic carbocycles. The zero-order chi connectivity index (χ0) is 22.6. The van der Waals surface area contributed by atoms with Crippen molar-refractivity contribution in [3.63, 3.8) is 0 Å². The largest absolute Gasteiger partial charge is 0.497 e. The number of thiophene rings is 1. The fourth-order valence-corrected chi connectivity index (χ4v) is 7.00. The van der Waals surface area contributed by atoms with Crippen LogP contribution in [0.2, 0.25) is 0 Å². The Kier molecular flexibility index (Phi) is 6.99. The van der Waals surface area contributed by atoms with Gasteiger partial charge in [-0.1, -0.05) is 6.07 Å². The predicted octanol–water partition coefficient (Wildman–Crippen LogP) is 3.40. The number of nitrogens with one attached hydrogen (secondary N) is 1. The van der Waals surface area contributed by atoms with Crippen molar-refractivity contribution in [1.29, 1.82) is 0 Å². The quantitative estimate of drug-likeness (QED) is 0.467. The second-order valence-electron chi connectivity index (χ2n) is 6.37. The van der Waals surface area contributed by atoms with Gasteiger partial charge < -0.3 is 9.47 Å². The first-order valence-electron chi connectivity index (χ1n) is 8.93. The van der Waals surface area contributed by atoms with E-state index in [1.807, 2.05) is 0 Å². The van der Waals surface area contributed by atoms with Crippen molar-refractivity contribution in [2.75, 3.05) is 20.8 Å². The van der Waals surface area contributed by atoms with Gasteiger partial charge in [0.2, 0.25) is 10.0 Å². The molecule has 3 rings (SSSR count). The van der Waals surface area contributed by atoms with E-state index < -0.39 is 37.5 Å². The third kappa shape index (κ3) is 5.06. The van der Waals surface area contributed by atoms with Crippen molar-refractivity contribution >= 4 is 31.2 Å². The molecule has 0 aliphatic heterocycles. The molecule has 0 saturated carbocycles. The number of sulfone groups is 1. The summed E-state index contributed by atoms with van der Waals surface area (Å²) in [5, 5.41) is 0.492. The number of sulfonamides is 1. The Morgan fingerprint density at radius 1 is 1.00 bits per heavy atom. The monoisotopic (exact) mass is 485 g/mol. The maximum Gasteiger partial charge on any atom is 0.244 e. The van der Waals surface area contributed by atoms with Crippen molar-refractivity contribution < 1.29 is 30.7 Å². The smallest absolute Gasteiger partial charge is 0.244 e. The summed E-state index contributed by atoms with van der Waals surface area (Å²) in [5.41, 5.74) is 0. The van der Waals surface area contributed by atoms with Crippen LogP contribution in [0.5, 0.6) is 11.5 Å². The first kappa shape index (κ1) is 23.2. The van der Waals surface area contributed by atoms with E-state index in [4.69, 9.17) is 9.47 Å². The normalized spacial score (nSPS) is 13.0. The van der Waals surface area contributed by atoms with Crippen LogP contribution in [0.1, 0.15) is 10.1 Å². The third-order valence-corrected chi connectivity index (χ3v) is 9.18. The summed E-state index contributed by atoms with van der Waals surface area (Å²) in [4.78, 5) is 0.161. The van der Waals surface area contributed by atoms with Gasteiger partial charge in [-0.3, -0.25) is 0 Å². The molecule has 3 aromatic rings. The van der Waals surface area contributed by atoms with Gasteiger partial charge in [-0.2, -0.15) is 0 Å². The van der Waals surface area contributed by atoms with E-state index in [-0.39, 0.29) is 15.5 Å². The van der Waals surface area contributed by atoms with Gasteiger partial charge >= 0.3 is 0 Å². The molecule has 1 aromatic heterocycles. The maximum absolute atomic E-state index is 13.3. The molecule has 0 saturated heterocycles. The maximum atomic E-state index is 13.3. The predicted molar refractivity (Wildman–Crippen MR) is 115 cm³/mol. The van der Waals surface area contributed by atoms with Crippen LogP contribution in [0.25, 0.3) is 0 Å². The third-order valence-electron chi connectivity index (χ3n) is 4.50. The van der Waals surface area contributed by atoms with E-state index in [1.54, 1.807) is 23.6 Å². The van der Waals surface area contributed by atoms with Gasteiger partial charge in [0, 0.05) is 17.5 Å². The molecule has 166 valence electrons. The van der Waals surface area contributed by atoms with Crippen LogP contribution >= 0.6 is 11.3 Å². The number of halogens is 1. The molecule has 0 aliphatic rings. The second kappa shape index (κ2) is 9.35. The fourth-order valence-electron chi connectivity index (χ4n) is 2.88. The standard InChI is InChI=1S/C20H20FNO6S3/c1-27-15-7-10-17(28-2)19(12-15)31(25,26)22-13-20(18-4-3-11-29-18)30(23,24)16-8-5-14(21)6-9-16/h3-12,20,22H,13H2,1-2H3/t20-/m0/s1. The second-order valence-corrected chi connectivity index (χ2v) is 11.2. The molecule has 1 heterocycles. The number of hydrogen-bond acceptors (Lipinski definition) is 7. The van der Waals surface area contributed by atoms with Crippen LogP contribution in [0, 0.1) is 5.82 Å². The molecule has 0 amide bonds. The number of hydrogen-bond donors (Lipinski definition) is 1. The van der Waals surface area contributed by atoms with E-state index in [0.717, 1.165) is 24.3 Å². The Bertz CT molecular complexity index is 1240. The van der Waals surface area contributed by atoms with E-state index in [0.29, 0.717) is 10.6 Å². The molecular weight excluding hydrogens is 465 g/mol. The molecule has 0 radical (unpaired) electrons. The summed E-state index contributed by atoms with van der Waals surface area (Å²) in [6, 6.07) is 12.0. The Hall–Kier alpha value is -2.47. The van der Waals surface area contributed by atoms with Gasteiger partial charge in [0.15, 0.2) is 9.84 Å². The Morgan fingerprint density at radius 2 is 1.71 bits per heavy atom. The lowest BCUT2D eigenvalue weighted by molar-refractivity contribution is 0.392. The minimum atomic E-state index is -4.15. The van der Waals surface area contributed by atoms with Crippen LogP contribution in [0.3, 0.4) is 0 Å². The average Bonchev–Trinajstić information content (AvgIpc) is 3.27. The van der Waals surface area contributed by atoms with Gasteiger partial charge in [0.1, 0.15) is 27.5 Å². The molecule has 0 bridgehead atoms. The van der Waals surface area contributed by atoms with Crippen molar-refractivity contribution in [3.05, 3.63) is 70.7 Å². The van der Waals surface area contributed by atoms with E-state index >= 15 is 0 Å². The Morgan fingerprint density at radius 3 is 2.29 bits per heavy atom. The van der Waals surface area contributed by atoms with Gasteiger partial charge in [0.25, 0.3) is 0 Å². The molecule has 31 heavy (non-hydrogen) atoms. The molecule has 1 atom stereocenters. The Balaban J connectivity index is 1.96. The summed E-state index contributed by atoms with van der Waals surface area (Å²) < 4.78 is 78.2. The van der Waals surface area contributed by atoms with Gasteiger partial charge in [0.05, 0.1) is 19.1 Å². The highest BCUT2D eigenvalue weighted by Gasteiger charge is 2.32. The summed E-state index contributed by atoms with van der Waals surface area (Å²) >= 11 is 1.18. The van der Waals surface area contributed by atoms with Gasteiger partial charge in [-0.25, -0.2) is 25.9 Å². The van der Waals surface area contributed by atoms with Crippen LogP contribution in [-0.2, 0) is 19.9 Å². The number of methoxy groups -OCH3 is 2. The SMILES string of the molecule is COc1ccc(OC)c(S(=O)(=O)NC[C@@H](c2cccs2)S(=O)(=O)c2ccc(F)cc2)c1. The van der Waals surface area contributed by atoms with Gasteiger partial charge in [-0.15, -0.1) is 11.3 Å². The van der Waals surface area contributed by atoms with Crippen molar-refractivity contribution in [2.24, 2.45) is 0 Å². The van der Waals surface area contributed by atoms with Crippen molar-refractivity contribution in [1.82, 2.24) is 4.72 Å². The summed E-state index contributed by atoms with van der Waals surface area (Å²) in [5.74, 6) is -0.185. The lowest BCUT2D eigenvalue weighted by Crippen LogP contribution is -2.32. The number of rotatable bonds is 9. The number of ether oxygens (including phenoxy) is 2. The molecule has 11 heteroatoms. The molecule has 1 N–H and O–H groups in total. The van der Waals surface area contributed by atoms with Crippen molar-refractivity contribution in [2.45, 2.75) is 15.0 Å². The van der Waals surface area contributed by atoms with E-state index in [2.05, 4.69) is 4.72 Å². The topological polar surface area (TPSA) is 98.8 Å². The van der Waals surface area contributed by atoms with E-state index in [1.165, 1.54) is 37.7 Å². The van der Waals surface area contributed by atoms with Crippen molar-refractivity contribution in [3.8, 4) is 11.5 Å². The summed E-state index contributed by atoms with van der Waals surface area (Å²) in [6.45, 7) is -0.428. The molecular formula is C20H20FNO6S3. The minimum Gasteiger partial charge on any atom is -0.497 e. The average molecular weight is 486 g/mol. The van der Waals surface area contributed by atoms with Crippen LogP contribution < -0.4 is 14.2 Å². The first-order chi connectivity index (χ1) is 14.7. The lowest BCUT2D eigenvalue weighted by Gasteiger charge is -2.18. The highest BCUT2D eigenvalue weighted by molar-refractivity contribution is 7.92.